The summed E-state index contributed by atoms with van der Waals surface area (Å²) in [6.45, 7) is 3.84. The van der Waals surface area contributed by atoms with Gasteiger partial charge in [-0.05, 0) is 38.1 Å². The molecule has 1 aromatic carbocycles. The standard InChI is InChI=1S/C23H22ClN7O3/c1-14(2)33-12-19(22(32)30-20-8-7-15(9-25)10-26-20)34-23-16-11-29-31(21(16)27-13-28-23)18-6-4-3-5-17(18)24/h3-8,10-11,13-14,19,22,32H,12H2,1-2H3,(H,26,30). The molecule has 0 fully saturated rings. The molecule has 0 aliphatic rings. The van der Waals surface area contributed by atoms with Crippen LogP contribution in [0.25, 0.3) is 16.7 Å². The third kappa shape index (κ3) is 5.23. The van der Waals surface area contributed by atoms with Crippen LogP contribution in [0.2, 0.25) is 5.02 Å². The van der Waals surface area contributed by atoms with Crippen molar-refractivity contribution >= 4 is 28.5 Å². The normalized spacial score (nSPS) is 12.9. The minimum atomic E-state index is -1.19. The first-order valence-electron chi connectivity index (χ1n) is 10.5. The SMILES string of the molecule is CC(C)OCC(Oc1ncnc2c1cnn2-c1ccccc1Cl)C(O)Nc1ccc(C#N)cn1. The summed E-state index contributed by atoms with van der Waals surface area (Å²) in [6.07, 6.45) is 2.22. The van der Waals surface area contributed by atoms with Crippen LogP contribution in [0.5, 0.6) is 5.88 Å². The zero-order chi connectivity index (χ0) is 24.1. The van der Waals surface area contributed by atoms with Crippen molar-refractivity contribution in [1.82, 2.24) is 24.7 Å². The van der Waals surface area contributed by atoms with Crippen molar-refractivity contribution in [2.24, 2.45) is 0 Å². The van der Waals surface area contributed by atoms with Crippen LogP contribution in [0.15, 0.2) is 55.1 Å². The molecule has 10 nitrogen and oxygen atoms in total. The van der Waals surface area contributed by atoms with E-state index in [0.29, 0.717) is 33.1 Å². The van der Waals surface area contributed by atoms with Crippen molar-refractivity contribution in [1.29, 1.82) is 5.26 Å². The molecule has 11 heteroatoms. The van der Waals surface area contributed by atoms with E-state index < -0.39 is 12.3 Å². The van der Waals surface area contributed by atoms with Gasteiger partial charge in [-0.25, -0.2) is 19.6 Å². The van der Waals surface area contributed by atoms with E-state index in [0.717, 1.165) is 0 Å². The van der Waals surface area contributed by atoms with E-state index in [-0.39, 0.29) is 18.6 Å². The van der Waals surface area contributed by atoms with Gasteiger partial charge in [-0.1, -0.05) is 23.7 Å². The Morgan fingerprint density at radius 3 is 2.68 bits per heavy atom. The number of nitriles is 1. The molecular formula is C23H22ClN7O3. The maximum absolute atomic E-state index is 10.9. The Labute approximate surface area is 200 Å². The first-order valence-corrected chi connectivity index (χ1v) is 10.9. The number of nitrogens with one attached hydrogen (secondary N) is 1. The van der Waals surface area contributed by atoms with Crippen molar-refractivity contribution in [3.8, 4) is 17.6 Å². The molecule has 2 atom stereocenters. The average molecular weight is 480 g/mol. The van der Waals surface area contributed by atoms with Gasteiger partial charge in [-0.15, -0.1) is 0 Å². The number of hydrogen-bond donors (Lipinski definition) is 2. The summed E-state index contributed by atoms with van der Waals surface area (Å²) < 4.78 is 13.4. The van der Waals surface area contributed by atoms with Crippen LogP contribution >= 0.6 is 11.6 Å². The molecule has 0 aliphatic heterocycles. The van der Waals surface area contributed by atoms with Crippen molar-refractivity contribution in [2.45, 2.75) is 32.3 Å². The van der Waals surface area contributed by atoms with Crippen LogP contribution in [0.3, 0.4) is 0 Å². The zero-order valence-corrected chi connectivity index (χ0v) is 19.2. The molecule has 0 aliphatic carbocycles. The number of nitrogens with zero attached hydrogens (tertiary/aromatic N) is 6. The summed E-state index contributed by atoms with van der Waals surface area (Å²) in [5.41, 5.74) is 1.57. The van der Waals surface area contributed by atoms with Gasteiger partial charge >= 0.3 is 0 Å². The van der Waals surface area contributed by atoms with E-state index >= 15 is 0 Å². The molecule has 4 rings (SSSR count). The Kier molecular flexibility index (Phi) is 7.18. The molecule has 2 unspecified atom stereocenters. The van der Waals surface area contributed by atoms with Gasteiger partial charge in [0.1, 0.15) is 23.6 Å². The molecule has 174 valence electrons. The number of benzene rings is 1. The molecule has 3 aromatic heterocycles. The topological polar surface area (TPSA) is 131 Å². The number of aromatic nitrogens is 5. The van der Waals surface area contributed by atoms with Crippen molar-refractivity contribution in [3.05, 3.63) is 65.7 Å². The number of fused-ring (bicyclic) bond motifs is 1. The lowest BCUT2D eigenvalue weighted by Gasteiger charge is -2.25. The second kappa shape index (κ2) is 10.4. The molecule has 0 saturated carbocycles. The molecule has 34 heavy (non-hydrogen) atoms. The van der Waals surface area contributed by atoms with Crippen molar-refractivity contribution in [3.63, 3.8) is 0 Å². The molecule has 0 bridgehead atoms. The van der Waals surface area contributed by atoms with Gasteiger partial charge in [-0.2, -0.15) is 10.4 Å². The van der Waals surface area contributed by atoms with Gasteiger partial charge in [0, 0.05) is 6.20 Å². The van der Waals surface area contributed by atoms with Crippen LogP contribution in [0.4, 0.5) is 5.82 Å². The molecule has 0 amide bonds. The van der Waals surface area contributed by atoms with Gasteiger partial charge in [-0.3, -0.25) is 0 Å². The first kappa shape index (κ1) is 23.4. The highest BCUT2D eigenvalue weighted by molar-refractivity contribution is 6.32. The summed E-state index contributed by atoms with van der Waals surface area (Å²) in [7, 11) is 0. The Morgan fingerprint density at radius 2 is 1.97 bits per heavy atom. The fourth-order valence-corrected chi connectivity index (χ4v) is 3.34. The van der Waals surface area contributed by atoms with Gasteiger partial charge in [0.05, 0.1) is 35.2 Å². The highest BCUT2D eigenvalue weighted by Gasteiger charge is 2.25. The predicted molar refractivity (Wildman–Crippen MR) is 126 cm³/mol. The predicted octanol–water partition coefficient (Wildman–Crippen LogP) is 3.34. The van der Waals surface area contributed by atoms with E-state index in [2.05, 4.69) is 25.4 Å². The maximum atomic E-state index is 10.9. The average Bonchev–Trinajstić information content (AvgIpc) is 3.27. The van der Waals surface area contributed by atoms with E-state index in [1.165, 1.54) is 12.5 Å². The molecule has 4 aromatic rings. The van der Waals surface area contributed by atoms with Gasteiger partial charge < -0.3 is 19.9 Å². The second-order valence-electron chi connectivity index (χ2n) is 7.60. The third-order valence-electron chi connectivity index (χ3n) is 4.81. The number of aliphatic hydroxyl groups excluding tert-OH is 1. The third-order valence-corrected chi connectivity index (χ3v) is 5.13. The number of para-hydroxylation sites is 1. The summed E-state index contributed by atoms with van der Waals surface area (Å²) >= 11 is 6.33. The number of halogens is 1. The van der Waals surface area contributed by atoms with Gasteiger partial charge in [0.25, 0.3) is 0 Å². The number of rotatable bonds is 9. The number of aliphatic hydroxyl groups is 1. The van der Waals surface area contributed by atoms with Crippen LogP contribution < -0.4 is 10.1 Å². The number of hydrogen-bond acceptors (Lipinski definition) is 9. The quantitative estimate of drug-likeness (QED) is 0.347. The molecule has 0 saturated heterocycles. The minimum absolute atomic E-state index is 0.0757. The fraction of sp³-hybridized carbons (Fsp3) is 0.261. The highest BCUT2D eigenvalue weighted by Crippen LogP contribution is 2.27. The van der Waals surface area contributed by atoms with E-state index in [4.69, 9.17) is 26.3 Å². The number of anilines is 1. The fourth-order valence-electron chi connectivity index (χ4n) is 3.13. The second-order valence-corrected chi connectivity index (χ2v) is 8.00. The van der Waals surface area contributed by atoms with E-state index in [1.54, 1.807) is 29.1 Å². The van der Waals surface area contributed by atoms with Crippen molar-refractivity contribution < 1.29 is 14.6 Å². The minimum Gasteiger partial charge on any atom is -0.466 e. The Hall–Kier alpha value is -3.78. The Bertz CT molecular complexity index is 1300. The molecule has 0 radical (unpaired) electrons. The van der Waals surface area contributed by atoms with Gasteiger partial charge in [0.15, 0.2) is 18.0 Å². The number of ether oxygens (including phenoxy) is 2. The van der Waals surface area contributed by atoms with Crippen LogP contribution in [-0.2, 0) is 4.74 Å². The Morgan fingerprint density at radius 1 is 1.15 bits per heavy atom. The summed E-state index contributed by atoms with van der Waals surface area (Å²) in [6, 6.07) is 12.5. The summed E-state index contributed by atoms with van der Waals surface area (Å²) in [5.74, 6) is 0.610. The molecule has 0 spiro atoms. The monoisotopic (exact) mass is 479 g/mol. The van der Waals surface area contributed by atoms with Crippen LogP contribution in [-0.4, -0.2) is 54.9 Å². The molecular weight excluding hydrogens is 458 g/mol. The lowest BCUT2D eigenvalue weighted by molar-refractivity contribution is -0.0324. The lowest BCUT2D eigenvalue weighted by Crippen LogP contribution is -2.42. The number of pyridine rings is 1. The summed E-state index contributed by atoms with van der Waals surface area (Å²) in [4.78, 5) is 12.7. The highest BCUT2D eigenvalue weighted by atomic mass is 35.5. The van der Waals surface area contributed by atoms with Crippen LogP contribution in [0.1, 0.15) is 19.4 Å². The summed E-state index contributed by atoms with van der Waals surface area (Å²) in [5, 5.41) is 28.1. The maximum Gasteiger partial charge on any atom is 0.228 e. The zero-order valence-electron chi connectivity index (χ0n) is 18.5. The smallest absolute Gasteiger partial charge is 0.228 e. The molecule has 3 heterocycles. The van der Waals surface area contributed by atoms with Gasteiger partial charge in [0.2, 0.25) is 5.88 Å². The van der Waals surface area contributed by atoms with E-state index in [1.807, 2.05) is 38.1 Å². The van der Waals surface area contributed by atoms with E-state index in [9.17, 15) is 5.11 Å². The molecule has 2 N–H and O–H groups in total. The Balaban J connectivity index is 1.61. The van der Waals surface area contributed by atoms with Crippen molar-refractivity contribution in [2.75, 3.05) is 11.9 Å². The lowest BCUT2D eigenvalue weighted by atomic mass is 10.3. The largest absolute Gasteiger partial charge is 0.466 e. The first-order chi connectivity index (χ1) is 16.5. The van der Waals surface area contributed by atoms with Crippen LogP contribution in [0, 0.1) is 11.3 Å².